The molecule has 1 aliphatic rings. The Hall–Kier alpha value is -2.04. The molecule has 2 aromatic carbocycles. The van der Waals surface area contributed by atoms with E-state index in [1.54, 1.807) is 13.2 Å². The molecule has 0 aromatic heterocycles. The van der Waals surface area contributed by atoms with Crippen LogP contribution in [0, 0.1) is 5.82 Å². The summed E-state index contributed by atoms with van der Waals surface area (Å²) >= 11 is 13.3. The minimum Gasteiger partial charge on any atom is -0.487 e. The second kappa shape index (κ2) is 10.5. The Labute approximate surface area is 202 Å². The van der Waals surface area contributed by atoms with E-state index >= 15 is 0 Å². The quantitative estimate of drug-likeness (QED) is 0.330. The number of ether oxygens (including phenoxy) is 2. The zero-order valence-electron chi connectivity index (χ0n) is 17.5. The number of hydrogen-bond acceptors (Lipinski definition) is 5. The van der Waals surface area contributed by atoms with Crippen LogP contribution in [0.2, 0.25) is 10.0 Å². The molecule has 0 bridgehead atoms. The molecule has 2 aromatic rings. The van der Waals surface area contributed by atoms with Crippen molar-refractivity contribution in [2.24, 2.45) is 0 Å². The average Bonchev–Trinajstić information content (AvgIpc) is 3.21. The zero-order valence-corrected chi connectivity index (χ0v) is 19.8. The molecular formula is C21H20Cl2F4N2O3S. The molecule has 1 saturated heterocycles. The van der Waals surface area contributed by atoms with Crippen LogP contribution in [0.15, 0.2) is 30.3 Å². The second-order valence-electron chi connectivity index (χ2n) is 7.29. The molecule has 1 amide bonds. The summed E-state index contributed by atoms with van der Waals surface area (Å²) in [5.41, 5.74) is 0.404. The Balaban J connectivity index is 1.76. The number of hydrogen-bond donors (Lipinski definition) is 1. The van der Waals surface area contributed by atoms with Gasteiger partial charge in [-0.2, -0.15) is 0 Å². The summed E-state index contributed by atoms with van der Waals surface area (Å²) in [6.45, 7) is 2.42. The van der Waals surface area contributed by atoms with Crippen molar-refractivity contribution in [2.75, 3.05) is 17.7 Å². The summed E-state index contributed by atoms with van der Waals surface area (Å²) in [7, 11) is 0. The fraction of sp³-hybridized carbons (Fsp3) is 0.381. The van der Waals surface area contributed by atoms with Crippen molar-refractivity contribution >= 4 is 46.7 Å². The first-order chi connectivity index (χ1) is 15.5. The van der Waals surface area contributed by atoms with Crippen molar-refractivity contribution in [1.82, 2.24) is 4.72 Å². The molecule has 1 N–H and O–H groups in total. The van der Waals surface area contributed by atoms with Gasteiger partial charge in [0.05, 0.1) is 21.7 Å². The minimum absolute atomic E-state index is 0.0794. The fourth-order valence-corrected chi connectivity index (χ4v) is 4.41. The lowest BCUT2D eigenvalue weighted by Crippen LogP contribution is -2.40. The lowest BCUT2D eigenvalue weighted by molar-refractivity contribution is -0.274. The van der Waals surface area contributed by atoms with E-state index in [1.165, 1.54) is 18.2 Å². The van der Waals surface area contributed by atoms with Gasteiger partial charge in [0.15, 0.2) is 0 Å². The van der Waals surface area contributed by atoms with Gasteiger partial charge >= 0.3 is 6.36 Å². The maximum atomic E-state index is 14.4. The second-order valence-corrected chi connectivity index (χ2v) is 8.71. The van der Waals surface area contributed by atoms with Gasteiger partial charge in [-0.25, -0.2) is 4.39 Å². The largest absolute Gasteiger partial charge is 0.573 e. The van der Waals surface area contributed by atoms with Crippen molar-refractivity contribution in [3.8, 4) is 11.5 Å². The smallest absolute Gasteiger partial charge is 0.487 e. The standard InChI is InChI=1S/C21H20Cl2F4N2O3S/c1-11(31-19-10-16(24)13(9-15(19)23)20(30)28-33-2)17-4-3-7-29(17)12-5-6-18(14(22)8-12)32-21(25,26)27/h5-6,8-11,17H,3-4,7H2,1-2H3,(H,28,30). The molecule has 180 valence electrons. The maximum absolute atomic E-state index is 14.4. The predicted octanol–water partition coefficient (Wildman–Crippen LogP) is 6.48. The molecule has 5 nitrogen and oxygen atoms in total. The monoisotopic (exact) mass is 526 g/mol. The van der Waals surface area contributed by atoms with E-state index in [1.807, 2.05) is 4.90 Å². The number of carbonyl (C=O) groups is 1. The van der Waals surface area contributed by atoms with Crippen LogP contribution in [0.1, 0.15) is 30.1 Å². The van der Waals surface area contributed by atoms with Gasteiger partial charge in [-0.1, -0.05) is 35.1 Å². The third kappa shape index (κ3) is 6.30. The number of halogens is 6. The van der Waals surface area contributed by atoms with Crippen molar-refractivity contribution in [3.63, 3.8) is 0 Å². The van der Waals surface area contributed by atoms with E-state index in [2.05, 4.69) is 9.46 Å². The highest BCUT2D eigenvalue weighted by atomic mass is 35.5. The molecule has 2 atom stereocenters. The molecule has 1 heterocycles. The van der Waals surface area contributed by atoms with E-state index in [0.717, 1.165) is 36.9 Å². The molecule has 1 fully saturated rings. The number of nitrogens with one attached hydrogen (secondary N) is 1. The molecule has 0 spiro atoms. The molecular weight excluding hydrogens is 507 g/mol. The van der Waals surface area contributed by atoms with Crippen LogP contribution < -0.4 is 19.1 Å². The van der Waals surface area contributed by atoms with Crippen LogP contribution in [0.3, 0.4) is 0 Å². The molecule has 0 aliphatic carbocycles. The van der Waals surface area contributed by atoms with Gasteiger partial charge in [0.2, 0.25) is 0 Å². The predicted molar refractivity (Wildman–Crippen MR) is 121 cm³/mol. The van der Waals surface area contributed by atoms with Crippen LogP contribution >= 0.6 is 35.1 Å². The first kappa shape index (κ1) is 25.6. The van der Waals surface area contributed by atoms with Crippen molar-refractivity contribution in [3.05, 3.63) is 51.8 Å². The average molecular weight is 527 g/mol. The number of carbonyl (C=O) groups excluding carboxylic acids is 1. The lowest BCUT2D eigenvalue weighted by Gasteiger charge is -2.32. The number of rotatable bonds is 7. The van der Waals surface area contributed by atoms with Gasteiger partial charge in [0.25, 0.3) is 5.91 Å². The molecule has 2 unspecified atom stereocenters. The van der Waals surface area contributed by atoms with E-state index in [9.17, 15) is 22.4 Å². The van der Waals surface area contributed by atoms with Gasteiger partial charge < -0.3 is 14.4 Å². The lowest BCUT2D eigenvalue weighted by atomic mass is 10.1. The van der Waals surface area contributed by atoms with Gasteiger partial charge in [-0.05, 0) is 44.0 Å². The number of anilines is 1. The van der Waals surface area contributed by atoms with Crippen LogP contribution in [0.5, 0.6) is 11.5 Å². The Morgan fingerprint density at radius 1 is 1.21 bits per heavy atom. The summed E-state index contributed by atoms with van der Waals surface area (Å²) in [6, 6.07) is 6.15. The van der Waals surface area contributed by atoms with E-state index in [-0.39, 0.29) is 27.4 Å². The molecule has 1 aliphatic heterocycles. The van der Waals surface area contributed by atoms with Gasteiger partial charge in [0, 0.05) is 24.6 Å². The first-order valence-electron chi connectivity index (χ1n) is 9.81. The minimum atomic E-state index is -4.84. The highest BCUT2D eigenvalue weighted by Gasteiger charge is 2.34. The van der Waals surface area contributed by atoms with Crippen LogP contribution in [-0.2, 0) is 0 Å². The van der Waals surface area contributed by atoms with Gasteiger partial charge in [0.1, 0.15) is 23.4 Å². The third-order valence-corrected chi connectivity index (χ3v) is 6.07. The Kier molecular flexibility index (Phi) is 8.13. The summed E-state index contributed by atoms with van der Waals surface area (Å²) in [6.07, 6.45) is -2.13. The van der Waals surface area contributed by atoms with Crippen LogP contribution in [-0.4, -0.2) is 37.2 Å². The van der Waals surface area contributed by atoms with Crippen LogP contribution in [0.4, 0.5) is 23.2 Å². The highest BCUT2D eigenvalue weighted by Crippen LogP contribution is 2.37. The fourth-order valence-electron chi connectivity index (χ4n) is 3.70. The number of benzene rings is 2. The Morgan fingerprint density at radius 3 is 2.55 bits per heavy atom. The number of alkyl halides is 3. The van der Waals surface area contributed by atoms with Gasteiger partial charge in [-0.3, -0.25) is 9.52 Å². The van der Waals surface area contributed by atoms with Crippen molar-refractivity contribution in [1.29, 1.82) is 0 Å². The van der Waals surface area contributed by atoms with E-state index < -0.39 is 29.9 Å². The maximum Gasteiger partial charge on any atom is 0.573 e. The Bertz CT molecular complexity index is 1030. The molecule has 12 heteroatoms. The third-order valence-electron chi connectivity index (χ3n) is 5.09. The molecule has 33 heavy (non-hydrogen) atoms. The van der Waals surface area contributed by atoms with E-state index in [4.69, 9.17) is 27.9 Å². The normalized spacial score (nSPS) is 17.1. The molecule has 0 radical (unpaired) electrons. The first-order valence-corrected chi connectivity index (χ1v) is 11.8. The SMILES string of the molecule is CSNC(=O)c1cc(Cl)c(OC(C)C2CCCN2c2ccc(OC(F)(F)F)c(Cl)c2)cc1F. The molecule has 0 saturated carbocycles. The zero-order chi connectivity index (χ0) is 24.3. The van der Waals surface area contributed by atoms with Crippen molar-refractivity contribution in [2.45, 2.75) is 38.3 Å². The van der Waals surface area contributed by atoms with Crippen LogP contribution in [0.25, 0.3) is 0 Å². The summed E-state index contributed by atoms with van der Waals surface area (Å²) < 4.78 is 64.2. The Morgan fingerprint density at radius 2 is 1.91 bits per heavy atom. The summed E-state index contributed by atoms with van der Waals surface area (Å²) in [5.74, 6) is -1.79. The molecule has 3 rings (SSSR count). The van der Waals surface area contributed by atoms with Crippen molar-refractivity contribution < 1.29 is 31.8 Å². The summed E-state index contributed by atoms with van der Waals surface area (Å²) in [4.78, 5) is 13.9. The number of nitrogens with zero attached hydrogens (tertiary/aromatic N) is 1. The summed E-state index contributed by atoms with van der Waals surface area (Å²) in [5, 5.41) is -0.0935. The van der Waals surface area contributed by atoms with E-state index in [0.29, 0.717) is 12.2 Å². The topological polar surface area (TPSA) is 50.8 Å². The van der Waals surface area contributed by atoms with Gasteiger partial charge in [-0.15, -0.1) is 13.2 Å². The number of amides is 1. The highest BCUT2D eigenvalue weighted by molar-refractivity contribution is 7.97.